The average molecular weight is 271 g/mol. The van der Waals surface area contributed by atoms with Crippen LogP contribution in [0.25, 0.3) is 0 Å². The lowest BCUT2D eigenvalue weighted by Gasteiger charge is -2.18. The zero-order chi connectivity index (χ0) is 12.3. The third-order valence-corrected chi connectivity index (χ3v) is 2.92. The van der Waals surface area contributed by atoms with E-state index in [4.69, 9.17) is 5.73 Å². The number of carbonyl (C=O) groups excluding carboxylic acids is 1. The molecule has 1 aromatic rings. The molecule has 0 spiro atoms. The Kier molecular flexibility index (Phi) is 5.37. The van der Waals surface area contributed by atoms with Crippen molar-refractivity contribution in [3.05, 3.63) is 24.4 Å². The van der Waals surface area contributed by atoms with Gasteiger partial charge in [-0.3, -0.25) is 4.79 Å². The minimum Gasteiger partial charge on any atom is -0.354 e. The molecule has 1 aromatic heterocycles. The Balaban J connectivity index is 0.00000162. The van der Waals surface area contributed by atoms with E-state index < -0.39 is 6.04 Å². The van der Waals surface area contributed by atoms with E-state index in [-0.39, 0.29) is 24.4 Å². The van der Waals surface area contributed by atoms with Gasteiger partial charge >= 0.3 is 0 Å². The fourth-order valence-electron chi connectivity index (χ4n) is 1.96. The number of anilines is 1. The van der Waals surface area contributed by atoms with E-state index in [2.05, 4.69) is 15.2 Å². The third-order valence-electron chi connectivity index (χ3n) is 2.92. The van der Waals surface area contributed by atoms with Crippen molar-refractivity contribution in [2.45, 2.75) is 25.4 Å². The summed E-state index contributed by atoms with van der Waals surface area (Å²) in [7, 11) is 0. The lowest BCUT2D eigenvalue weighted by atomic mass is 10.2. The quantitative estimate of drug-likeness (QED) is 0.841. The number of hydrogen-bond acceptors (Lipinski definition) is 4. The van der Waals surface area contributed by atoms with Gasteiger partial charge in [0.25, 0.3) is 0 Å². The van der Waals surface area contributed by atoms with Gasteiger partial charge in [0.2, 0.25) is 5.91 Å². The second-order valence-electron chi connectivity index (χ2n) is 4.42. The van der Waals surface area contributed by atoms with Crippen LogP contribution >= 0.6 is 12.4 Å². The molecule has 0 bridgehead atoms. The topological polar surface area (TPSA) is 71.2 Å². The first-order valence-electron chi connectivity index (χ1n) is 5.89. The monoisotopic (exact) mass is 270 g/mol. The molecule has 0 radical (unpaired) electrons. The van der Waals surface area contributed by atoms with Gasteiger partial charge in [0.05, 0.1) is 6.04 Å². The van der Waals surface area contributed by atoms with Gasteiger partial charge in [-0.2, -0.15) is 0 Å². The summed E-state index contributed by atoms with van der Waals surface area (Å²) in [5.74, 6) is 0.878. The van der Waals surface area contributed by atoms with Crippen LogP contribution in [-0.2, 0) is 4.79 Å². The van der Waals surface area contributed by atoms with Crippen molar-refractivity contribution < 1.29 is 4.79 Å². The summed E-state index contributed by atoms with van der Waals surface area (Å²) in [6.07, 6.45) is 2.72. The maximum Gasteiger partial charge on any atom is 0.236 e. The van der Waals surface area contributed by atoms with Crippen LogP contribution in [0.15, 0.2) is 24.4 Å². The fourth-order valence-corrected chi connectivity index (χ4v) is 1.96. The molecule has 2 rings (SSSR count). The highest BCUT2D eigenvalue weighted by atomic mass is 35.5. The van der Waals surface area contributed by atoms with Crippen molar-refractivity contribution in [1.82, 2.24) is 10.3 Å². The van der Waals surface area contributed by atoms with Gasteiger partial charge in [-0.05, 0) is 25.5 Å². The number of amides is 1. The van der Waals surface area contributed by atoms with Crippen LogP contribution in [0.3, 0.4) is 0 Å². The molecule has 100 valence electrons. The Labute approximate surface area is 113 Å². The van der Waals surface area contributed by atoms with Crippen LogP contribution in [-0.4, -0.2) is 36.1 Å². The predicted octanol–water partition coefficient (Wildman–Crippen LogP) is 0.546. The number of nitrogens with one attached hydrogen (secondary N) is 1. The Morgan fingerprint density at radius 1 is 1.61 bits per heavy atom. The number of rotatable bonds is 3. The lowest BCUT2D eigenvalue weighted by Crippen LogP contribution is -2.44. The Hall–Kier alpha value is -1.33. The molecule has 1 amide bonds. The number of carbonyl (C=O) groups is 1. The second kappa shape index (κ2) is 6.56. The first-order chi connectivity index (χ1) is 8.16. The van der Waals surface area contributed by atoms with Gasteiger partial charge in [0, 0.05) is 25.3 Å². The van der Waals surface area contributed by atoms with Crippen molar-refractivity contribution in [2.24, 2.45) is 5.73 Å². The normalized spacial score (nSPS) is 20.1. The van der Waals surface area contributed by atoms with Crippen LogP contribution in [0.5, 0.6) is 0 Å². The van der Waals surface area contributed by atoms with Crippen LogP contribution in [0, 0.1) is 0 Å². The highest BCUT2D eigenvalue weighted by Crippen LogP contribution is 2.17. The van der Waals surface area contributed by atoms with Crippen molar-refractivity contribution in [1.29, 1.82) is 0 Å². The molecule has 1 saturated heterocycles. The van der Waals surface area contributed by atoms with Crippen LogP contribution < -0.4 is 16.0 Å². The average Bonchev–Trinajstić information content (AvgIpc) is 2.78. The molecule has 3 N–H and O–H groups in total. The van der Waals surface area contributed by atoms with E-state index in [1.54, 1.807) is 13.1 Å². The number of nitrogens with zero attached hydrogens (tertiary/aromatic N) is 2. The first-order valence-corrected chi connectivity index (χ1v) is 5.89. The zero-order valence-corrected chi connectivity index (χ0v) is 11.2. The smallest absolute Gasteiger partial charge is 0.236 e. The number of aromatic nitrogens is 1. The molecule has 1 fully saturated rings. The van der Waals surface area contributed by atoms with Crippen LogP contribution in [0.2, 0.25) is 0 Å². The molecular formula is C12H19ClN4O. The van der Waals surface area contributed by atoms with E-state index in [1.165, 1.54) is 0 Å². The lowest BCUT2D eigenvalue weighted by molar-refractivity contribution is -0.122. The van der Waals surface area contributed by atoms with Crippen molar-refractivity contribution in [2.75, 3.05) is 18.0 Å². The van der Waals surface area contributed by atoms with E-state index in [1.807, 2.05) is 18.2 Å². The van der Waals surface area contributed by atoms with Crippen LogP contribution in [0.4, 0.5) is 5.82 Å². The molecule has 2 heterocycles. The molecule has 18 heavy (non-hydrogen) atoms. The van der Waals surface area contributed by atoms with Crippen molar-refractivity contribution in [3.63, 3.8) is 0 Å². The molecule has 0 aliphatic carbocycles. The summed E-state index contributed by atoms with van der Waals surface area (Å²) in [6, 6.07) is 5.58. The summed E-state index contributed by atoms with van der Waals surface area (Å²) in [5, 5.41) is 2.94. The summed E-state index contributed by atoms with van der Waals surface area (Å²) < 4.78 is 0. The highest BCUT2D eigenvalue weighted by molar-refractivity contribution is 5.85. The maximum atomic E-state index is 11.5. The molecule has 1 aliphatic rings. The van der Waals surface area contributed by atoms with E-state index >= 15 is 0 Å². The molecule has 1 aliphatic heterocycles. The maximum absolute atomic E-state index is 11.5. The van der Waals surface area contributed by atoms with Crippen molar-refractivity contribution >= 4 is 24.1 Å². The largest absolute Gasteiger partial charge is 0.354 e. The van der Waals surface area contributed by atoms with Gasteiger partial charge in [-0.25, -0.2) is 4.98 Å². The summed E-state index contributed by atoms with van der Waals surface area (Å²) >= 11 is 0. The molecule has 0 saturated carbocycles. The molecule has 6 heteroatoms. The number of hydrogen-bond donors (Lipinski definition) is 2. The molecule has 2 atom stereocenters. The second-order valence-corrected chi connectivity index (χ2v) is 4.42. The van der Waals surface area contributed by atoms with Gasteiger partial charge in [-0.15, -0.1) is 12.4 Å². The number of halogens is 1. The van der Waals surface area contributed by atoms with Gasteiger partial charge in [0.1, 0.15) is 5.82 Å². The highest BCUT2D eigenvalue weighted by Gasteiger charge is 2.25. The summed E-state index contributed by atoms with van der Waals surface area (Å²) in [4.78, 5) is 17.9. The zero-order valence-electron chi connectivity index (χ0n) is 10.4. The fraction of sp³-hybridized carbons (Fsp3) is 0.500. The Morgan fingerprint density at radius 3 is 3.00 bits per heavy atom. The Morgan fingerprint density at radius 2 is 2.39 bits per heavy atom. The summed E-state index contributed by atoms with van der Waals surface area (Å²) in [6.45, 7) is 3.41. The first kappa shape index (κ1) is 14.7. The minimum absolute atomic E-state index is 0. The molecule has 0 aromatic carbocycles. The van der Waals surface area contributed by atoms with E-state index in [0.29, 0.717) is 0 Å². The molecular weight excluding hydrogens is 252 g/mol. The minimum atomic E-state index is -0.445. The third kappa shape index (κ3) is 3.58. The standard InChI is InChI=1S/C12H18N4O.ClH/c1-9(13)12(17)15-10-5-7-16(8-10)11-4-2-3-6-14-11;/h2-4,6,9-10H,5,7-8,13H2,1H3,(H,15,17);1H/t9-,10?;/m1./s1. The van der Waals surface area contributed by atoms with E-state index in [0.717, 1.165) is 25.3 Å². The number of nitrogens with two attached hydrogens (primary N) is 1. The van der Waals surface area contributed by atoms with E-state index in [9.17, 15) is 4.79 Å². The van der Waals surface area contributed by atoms with Crippen molar-refractivity contribution in [3.8, 4) is 0 Å². The Bertz CT molecular complexity index is 385. The van der Waals surface area contributed by atoms with Gasteiger partial charge in [0.15, 0.2) is 0 Å². The van der Waals surface area contributed by atoms with Gasteiger partial charge < -0.3 is 16.0 Å². The van der Waals surface area contributed by atoms with Gasteiger partial charge in [-0.1, -0.05) is 6.07 Å². The van der Waals surface area contributed by atoms with Crippen LogP contribution in [0.1, 0.15) is 13.3 Å². The number of pyridine rings is 1. The molecule has 1 unspecified atom stereocenters. The summed E-state index contributed by atoms with van der Waals surface area (Å²) in [5.41, 5.74) is 5.52. The predicted molar refractivity (Wildman–Crippen MR) is 73.9 cm³/mol. The SMILES string of the molecule is C[C@@H](N)C(=O)NC1CCN(c2ccccn2)C1.Cl. The molecule has 5 nitrogen and oxygen atoms in total.